The first-order valence-corrected chi connectivity index (χ1v) is 8.19. The van der Waals surface area contributed by atoms with E-state index in [0.717, 1.165) is 29.7 Å². The van der Waals surface area contributed by atoms with Crippen LogP contribution in [0.2, 0.25) is 0 Å². The third-order valence-electron chi connectivity index (χ3n) is 4.66. The molecule has 0 atom stereocenters. The van der Waals surface area contributed by atoms with Gasteiger partial charge in [0.1, 0.15) is 0 Å². The van der Waals surface area contributed by atoms with Crippen molar-refractivity contribution in [2.24, 2.45) is 7.05 Å². The smallest absolute Gasteiger partial charge is 0.262 e. The summed E-state index contributed by atoms with van der Waals surface area (Å²) < 4.78 is 22.2. The van der Waals surface area contributed by atoms with Crippen molar-refractivity contribution in [2.75, 3.05) is 11.9 Å². The van der Waals surface area contributed by atoms with Crippen molar-refractivity contribution in [2.45, 2.75) is 18.8 Å². The Balaban J connectivity index is 1.79. The van der Waals surface area contributed by atoms with Gasteiger partial charge >= 0.3 is 0 Å². The van der Waals surface area contributed by atoms with E-state index in [2.05, 4.69) is 15.4 Å². The lowest BCUT2D eigenvalue weighted by molar-refractivity contribution is -0.118. The highest BCUT2D eigenvalue weighted by molar-refractivity contribution is 6.00. The first kappa shape index (κ1) is 14.4. The molecule has 2 aromatic heterocycles. The molecule has 3 heterocycles. The minimum atomic E-state index is -0.445. The number of aromatic nitrogens is 3. The van der Waals surface area contributed by atoms with Crippen molar-refractivity contribution in [3.63, 3.8) is 0 Å². The Morgan fingerprint density at radius 3 is 2.92 bits per heavy atom. The molecule has 3 aromatic rings. The van der Waals surface area contributed by atoms with E-state index in [1.165, 1.54) is 0 Å². The molecule has 1 N–H and O–H groups in total. The van der Waals surface area contributed by atoms with Crippen LogP contribution in [0.1, 0.15) is 24.3 Å². The van der Waals surface area contributed by atoms with Crippen LogP contribution in [-0.2, 0) is 11.8 Å². The number of carbonyl (C=O) groups is 1. The molecule has 1 aromatic carbocycles. The van der Waals surface area contributed by atoms with Crippen LogP contribution in [0.15, 0.2) is 24.5 Å². The van der Waals surface area contributed by atoms with Crippen LogP contribution in [0, 0.1) is 5.82 Å². The minimum absolute atomic E-state index is 0.102. The standard InChI is InChI=1S/C18H15FN4O2/c1-23-7-10(6-20-23)12-4-11(9-2-3-9)16-13(21-12)5-14-18(17(16)19)25-8-15(24)22-14/h4-7,9H,2-3,8H2,1H3,(H,22,24). The van der Waals surface area contributed by atoms with Gasteiger partial charge in [-0.3, -0.25) is 9.48 Å². The number of hydrogen-bond donors (Lipinski definition) is 1. The molecule has 25 heavy (non-hydrogen) atoms. The lowest BCUT2D eigenvalue weighted by Crippen LogP contribution is -2.26. The van der Waals surface area contributed by atoms with Crippen molar-refractivity contribution >= 4 is 22.5 Å². The van der Waals surface area contributed by atoms with Crippen LogP contribution in [0.5, 0.6) is 5.75 Å². The van der Waals surface area contributed by atoms with E-state index in [1.54, 1.807) is 16.9 Å². The number of pyridine rings is 1. The topological polar surface area (TPSA) is 69.0 Å². The Hall–Kier alpha value is -2.96. The second-order valence-electron chi connectivity index (χ2n) is 6.57. The van der Waals surface area contributed by atoms with E-state index in [9.17, 15) is 4.79 Å². The summed E-state index contributed by atoms with van der Waals surface area (Å²) in [6, 6.07) is 3.64. The largest absolute Gasteiger partial charge is 0.478 e. The van der Waals surface area contributed by atoms with Gasteiger partial charge in [0, 0.05) is 24.2 Å². The fourth-order valence-corrected chi connectivity index (χ4v) is 3.34. The molecule has 0 unspecified atom stereocenters. The molecule has 126 valence electrons. The van der Waals surface area contributed by atoms with Crippen LogP contribution < -0.4 is 10.1 Å². The summed E-state index contributed by atoms with van der Waals surface area (Å²) in [5.74, 6) is -0.298. The fourth-order valence-electron chi connectivity index (χ4n) is 3.34. The molecule has 5 rings (SSSR count). The van der Waals surface area contributed by atoms with Crippen molar-refractivity contribution in [1.82, 2.24) is 14.8 Å². The predicted octanol–water partition coefficient (Wildman–Crippen LogP) is 2.98. The lowest BCUT2D eigenvalue weighted by atomic mass is 10.0. The van der Waals surface area contributed by atoms with Gasteiger partial charge in [-0.25, -0.2) is 9.37 Å². The number of amides is 1. The molecule has 2 aliphatic rings. The average Bonchev–Trinajstić information content (AvgIpc) is 3.34. The Morgan fingerprint density at radius 1 is 1.36 bits per heavy atom. The number of benzene rings is 1. The van der Waals surface area contributed by atoms with Crippen LogP contribution in [0.3, 0.4) is 0 Å². The first-order valence-electron chi connectivity index (χ1n) is 8.19. The van der Waals surface area contributed by atoms with Crippen molar-refractivity contribution < 1.29 is 13.9 Å². The molecule has 1 aliphatic carbocycles. The van der Waals surface area contributed by atoms with Gasteiger partial charge in [-0.1, -0.05) is 0 Å². The summed E-state index contributed by atoms with van der Waals surface area (Å²) in [6.45, 7) is -0.171. The summed E-state index contributed by atoms with van der Waals surface area (Å²) in [5, 5.41) is 7.34. The van der Waals surface area contributed by atoms with Crippen LogP contribution in [0.25, 0.3) is 22.2 Å². The highest BCUT2D eigenvalue weighted by Gasteiger charge is 2.31. The van der Waals surface area contributed by atoms with Gasteiger partial charge in [0.05, 0.1) is 23.1 Å². The fraction of sp³-hybridized carbons (Fsp3) is 0.278. The molecular formula is C18H15FN4O2. The summed E-state index contributed by atoms with van der Waals surface area (Å²) in [7, 11) is 1.84. The van der Waals surface area contributed by atoms with Gasteiger partial charge in [-0.15, -0.1) is 0 Å². The number of aryl methyl sites for hydroxylation is 1. The molecule has 1 fully saturated rings. The second kappa shape index (κ2) is 5.02. The molecule has 1 saturated carbocycles. The number of rotatable bonds is 2. The molecule has 1 aliphatic heterocycles. The quantitative estimate of drug-likeness (QED) is 0.780. The van der Waals surface area contributed by atoms with Gasteiger partial charge in [0.15, 0.2) is 18.2 Å². The Kier molecular flexibility index (Phi) is 2.89. The van der Waals surface area contributed by atoms with Crippen molar-refractivity contribution in [1.29, 1.82) is 0 Å². The molecule has 0 bridgehead atoms. The number of halogens is 1. The van der Waals surface area contributed by atoms with E-state index in [1.807, 2.05) is 19.3 Å². The zero-order valence-corrected chi connectivity index (χ0v) is 13.5. The van der Waals surface area contributed by atoms with Crippen LogP contribution >= 0.6 is 0 Å². The van der Waals surface area contributed by atoms with Crippen molar-refractivity contribution in [3.8, 4) is 17.0 Å². The monoisotopic (exact) mass is 338 g/mol. The number of hydrogen-bond acceptors (Lipinski definition) is 4. The number of fused-ring (bicyclic) bond motifs is 2. The van der Waals surface area contributed by atoms with E-state index in [-0.39, 0.29) is 18.3 Å². The zero-order valence-electron chi connectivity index (χ0n) is 13.5. The summed E-state index contributed by atoms with van der Waals surface area (Å²) in [4.78, 5) is 16.2. The molecule has 0 radical (unpaired) electrons. The Labute approximate surface area is 142 Å². The normalized spacial score (nSPS) is 16.5. The molecule has 0 spiro atoms. The number of nitrogens with one attached hydrogen (secondary N) is 1. The van der Waals surface area contributed by atoms with Gasteiger partial charge in [0.25, 0.3) is 5.91 Å². The third kappa shape index (κ3) is 2.26. The number of ether oxygens (including phenoxy) is 1. The maximum atomic E-state index is 15.1. The zero-order chi connectivity index (χ0) is 17.1. The third-order valence-corrected chi connectivity index (χ3v) is 4.66. The summed E-state index contributed by atoms with van der Waals surface area (Å²) in [6.07, 6.45) is 5.70. The van der Waals surface area contributed by atoms with Gasteiger partial charge < -0.3 is 10.1 Å². The Bertz CT molecular complexity index is 1040. The predicted molar refractivity (Wildman–Crippen MR) is 90.0 cm³/mol. The summed E-state index contributed by atoms with van der Waals surface area (Å²) >= 11 is 0. The van der Waals surface area contributed by atoms with Gasteiger partial charge in [-0.2, -0.15) is 5.10 Å². The SMILES string of the molecule is Cn1cc(-c2cc(C3CC3)c3c(F)c4c(cc3n2)NC(=O)CO4)cn1. The number of nitrogens with zero attached hydrogens (tertiary/aromatic N) is 3. The molecule has 7 heteroatoms. The van der Waals surface area contributed by atoms with E-state index < -0.39 is 5.82 Å². The molecule has 1 amide bonds. The average molecular weight is 338 g/mol. The van der Waals surface area contributed by atoms with Crippen LogP contribution in [0.4, 0.5) is 10.1 Å². The van der Waals surface area contributed by atoms with Crippen LogP contribution in [-0.4, -0.2) is 27.3 Å². The molecule has 6 nitrogen and oxygen atoms in total. The number of carbonyl (C=O) groups excluding carboxylic acids is 1. The van der Waals surface area contributed by atoms with E-state index in [4.69, 9.17) is 4.74 Å². The Morgan fingerprint density at radius 2 is 2.20 bits per heavy atom. The lowest BCUT2D eigenvalue weighted by Gasteiger charge is -2.20. The molecule has 0 saturated heterocycles. The van der Waals surface area contributed by atoms with Gasteiger partial charge in [-0.05, 0) is 36.5 Å². The first-order chi connectivity index (χ1) is 12.1. The number of anilines is 1. The minimum Gasteiger partial charge on any atom is -0.478 e. The second-order valence-corrected chi connectivity index (χ2v) is 6.57. The van der Waals surface area contributed by atoms with Gasteiger partial charge in [0.2, 0.25) is 0 Å². The van der Waals surface area contributed by atoms with Crippen molar-refractivity contribution in [3.05, 3.63) is 35.9 Å². The molecular weight excluding hydrogens is 323 g/mol. The summed E-state index contributed by atoms with van der Waals surface area (Å²) in [5.41, 5.74) is 3.43. The maximum absolute atomic E-state index is 15.1. The van der Waals surface area contributed by atoms with E-state index >= 15 is 4.39 Å². The van der Waals surface area contributed by atoms with E-state index in [0.29, 0.717) is 22.5 Å². The highest BCUT2D eigenvalue weighted by atomic mass is 19.1. The highest BCUT2D eigenvalue weighted by Crippen LogP contribution is 2.47. The maximum Gasteiger partial charge on any atom is 0.262 e.